The number of H-pyrrole nitrogens is 1. The number of hydrogen-bond donors (Lipinski definition) is 3. The van der Waals surface area contributed by atoms with Crippen LogP contribution in [0, 0.1) is 0 Å². The van der Waals surface area contributed by atoms with Crippen molar-refractivity contribution in [3.8, 4) is 5.82 Å². The summed E-state index contributed by atoms with van der Waals surface area (Å²) in [5, 5.41) is 15.9. The average Bonchev–Trinajstić information content (AvgIpc) is 3.46. The summed E-state index contributed by atoms with van der Waals surface area (Å²) in [7, 11) is 0. The molecule has 0 atom stereocenters. The summed E-state index contributed by atoms with van der Waals surface area (Å²) in [5.41, 5.74) is -2.36. The zero-order chi connectivity index (χ0) is 27.1. The van der Waals surface area contributed by atoms with Gasteiger partial charge >= 0.3 is 6.18 Å². The summed E-state index contributed by atoms with van der Waals surface area (Å²) < 4.78 is 41.2. The van der Waals surface area contributed by atoms with Crippen LogP contribution in [0.15, 0.2) is 36.7 Å². The van der Waals surface area contributed by atoms with Crippen molar-refractivity contribution in [1.82, 2.24) is 30.3 Å². The average molecular weight is 554 g/mol. The molecular weight excluding hydrogens is 534 g/mol. The Kier molecular flexibility index (Phi) is 6.91. The van der Waals surface area contributed by atoms with Crippen LogP contribution in [0.2, 0.25) is 10.0 Å². The molecule has 9 nitrogen and oxygen atoms in total. The monoisotopic (exact) mass is 553 g/mol. The molecule has 194 valence electrons. The highest BCUT2D eigenvalue weighted by Gasteiger charge is 2.37. The van der Waals surface area contributed by atoms with Crippen molar-refractivity contribution in [2.45, 2.75) is 38.9 Å². The number of anilines is 1. The van der Waals surface area contributed by atoms with Gasteiger partial charge in [0.25, 0.3) is 11.8 Å². The number of aromatic nitrogens is 5. The Morgan fingerprint density at radius 3 is 2.51 bits per heavy atom. The molecule has 0 fully saturated rings. The van der Waals surface area contributed by atoms with Gasteiger partial charge in [-0.15, -0.1) is 0 Å². The summed E-state index contributed by atoms with van der Waals surface area (Å²) in [6.45, 7) is 5.51. The highest BCUT2D eigenvalue weighted by atomic mass is 35.5. The van der Waals surface area contributed by atoms with Crippen molar-refractivity contribution in [3.05, 3.63) is 63.7 Å². The molecule has 3 N–H and O–H groups in total. The van der Waals surface area contributed by atoms with Gasteiger partial charge in [-0.05, 0) is 38.5 Å². The molecule has 0 spiro atoms. The molecule has 0 saturated heterocycles. The zero-order valence-electron chi connectivity index (χ0n) is 19.7. The van der Waals surface area contributed by atoms with Crippen molar-refractivity contribution in [3.63, 3.8) is 0 Å². The highest BCUT2D eigenvalue weighted by Crippen LogP contribution is 2.35. The summed E-state index contributed by atoms with van der Waals surface area (Å²) >= 11 is 12.6. The molecule has 37 heavy (non-hydrogen) atoms. The van der Waals surface area contributed by atoms with Crippen molar-refractivity contribution < 1.29 is 22.8 Å². The lowest BCUT2D eigenvalue weighted by atomic mass is 10.00. The smallest absolute Gasteiger partial charge is 0.347 e. The molecule has 0 radical (unpaired) electrons. The number of amides is 2. The molecule has 3 aromatic heterocycles. The van der Waals surface area contributed by atoms with Crippen LogP contribution in [0.1, 0.15) is 53.7 Å². The van der Waals surface area contributed by atoms with Gasteiger partial charge in [0.05, 0.1) is 33.0 Å². The zero-order valence-corrected chi connectivity index (χ0v) is 21.2. The molecule has 4 rings (SSSR count). The molecule has 3 heterocycles. The summed E-state index contributed by atoms with van der Waals surface area (Å²) in [5.74, 6) is -1.80. The van der Waals surface area contributed by atoms with E-state index in [1.165, 1.54) is 30.6 Å². The minimum absolute atomic E-state index is 0.0281. The first-order chi connectivity index (χ1) is 17.3. The normalized spacial score (nSPS) is 12.1. The third kappa shape index (κ3) is 5.25. The topological polar surface area (TPSA) is 118 Å². The van der Waals surface area contributed by atoms with Gasteiger partial charge in [-0.25, -0.2) is 9.67 Å². The van der Waals surface area contributed by atoms with Crippen LogP contribution in [0.4, 0.5) is 18.9 Å². The number of benzene rings is 1. The molecule has 1 aromatic carbocycles. The van der Waals surface area contributed by atoms with E-state index >= 15 is 0 Å². The van der Waals surface area contributed by atoms with Crippen LogP contribution < -0.4 is 10.6 Å². The fourth-order valence-electron chi connectivity index (χ4n) is 3.42. The Morgan fingerprint density at radius 2 is 1.86 bits per heavy atom. The van der Waals surface area contributed by atoms with Crippen molar-refractivity contribution in [1.29, 1.82) is 0 Å². The number of carbonyl (C=O) groups is 2. The van der Waals surface area contributed by atoms with E-state index in [9.17, 15) is 22.8 Å². The molecule has 0 saturated carbocycles. The quantitative estimate of drug-likeness (QED) is 0.285. The number of halogens is 5. The van der Waals surface area contributed by atoms with Gasteiger partial charge in [0.15, 0.2) is 11.5 Å². The highest BCUT2D eigenvalue weighted by molar-refractivity contribution is 6.36. The molecule has 0 unspecified atom stereocenters. The maximum atomic E-state index is 13.5. The van der Waals surface area contributed by atoms with Gasteiger partial charge in [0.2, 0.25) is 0 Å². The van der Waals surface area contributed by atoms with Crippen LogP contribution >= 0.6 is 23.2 Å². The number of alkyl halides is 3. The second kappa shape index (κ2) is 9.67. The largest absolute Gasteiger partial charge is 0.435 e. The third-order valence-electron chi connectivity index (χ3n) is 5.66. The molecule has 2 amide bonds. The SMILES string of the molecule is CCC(C)(C)NC(=O)c1c(NC(=O)c2cc(C(F)(F)F)nn2-c2ncccc2Cl)c(Cl)cc2cn[nH]c12. The van der Waals surface area contributed by atoms with Crippen LogP contribution in [0.25, 0.3) is 16.7 Å². The number of rotatable bonds is 6. The van der Waals surface area contributed by atoms with E-state index in [1.807, 2.05) is 20.8 Å². The fourth-order valence-corrected chi connectivity index (χ4v) is 3.88. The Labute approximate surface area is 218 Å². The number of nitrogens with zero attached hydrogens (tertiary/aromatic N) is 4. The van der Waals surface area contributed by atoms with E-state index in [-0.39, 0.29) is 32.6 Å². The first-order valence-electron chi connectivity index (χ1n) is 10.9. The van der Waals surface area contributed by atoms with Gasteiger partial charge in [-0.3, -0.25) is 14.7 Å². The van der Waals surface area contributed by atoms with E-state index in [1.54, 1.807) is 0 Å². The van der Waals surface area contributed by atoms with Crippen molar-refractivity contribution in [2.75, 3.05) is 5.32 Å². The molecule has 0 aliphatic rings. The van der Waals surface area contributed by atoms with Gasteiger partial charge in [0.1, 0.15) is 5.69 Å². The van der Waals surface area contributed by atoms with Gasteiger partial charge in [-0.2, -0.15) is 23.4 Å². The molecule has 14 heteroatoms. The van der Waals surface area contributed by atoms with E-state index in [0.717, 1.165) is 0 Å². The van der Waals surface area contributed by atoms with Crippen LogP contribution in [0.3, 0.4) is 0 Å². The van der Waals surface area contributed by atoms with E-state index in [2.05, 4.69) is 30.9 Å². The first-order valence-corrected chi connectivity index (χ1v) is 11.7. The third-order valence-corrected chi connectivity index (χ3v) is 6.26. The fraction of sp³-hybridized carbons (Fsp3) is 0.261. The minimum Gasteiger partial charge on any atom is -0.347 e. The number of carbonyl (C=O) groups excluding carboxylic acids is 2. The predicted molar refractivity (Wildman–Crippen MR) is 132 cm³/mol. The van der Waals surface area contributed by atoms with E-state index < -0.39 is 34.9 Å². The molecule has 0 aliphatic carbocycles. The number of hydrogen-bond acceptors (Lipinski definition) is 5. The lowest BCUT2D eigenvalue weighted by Crippen LogP contribution is -2.43. The number of aromatic amines is 1. The van der Waals surface area contributed by atoms with Crippen LogP contribution in [-0.2, 0) is 6.18 Å². The maximum Gasteiger partial charge on any atom is 0.435 e. The van der Waals surface area contributed by atoms with Gasteiger partial charge in [-0.1, -0.05) is 30.1 Å². The number of pyridine rings is 1. The second-order valence-corrected chi connectivity index (χ2v) is 9.54. The van der Waals surface area contributed by atoms with Gasteiger partial charge in [0, 0.05) is 23.2 Å². The summed E-state index contributed by atoms with van der Waals surface area (Å²) in [6, 6.07) is 4.89. The molecule has 0 bridgehead atoms. The lowest BCUT2D eigenvalue weighted by molar-refractivity contribution is -0.141. The lowest BCUT2D eigenvalue weighted by Gasteiger charge is -2.25. The Morgan fingerprint density at radius 1 is 1.14 bits per heavy atom. The Balaban J connectivity index is 1.84. The molecule has 0 aliphatic heterocycles. The number of nitrogens with one attached hydrogen (secondary N) is 3. The second-order valence-electron chi connectivity index (χ2n) is 8.72. The van der Waals surface area contributed by atoms with Crippen molar-refractivity contribution >= 4 is 51.6 Å². The minimum atomic E-state index is -4.86. The Bertz CT molecular complexity index is 1510. The summed E-state index contributed by atoms with van der Waals surface area (Å²) in [6.07, 6.45) is -1.52. The standard InChI is InChI=1S/C23H20Cl2F3N7O2/c1-4-22(2,3)32-21(37)16-17-11(10-30-33-17)8-13(25)18(16)31-20(36)14-9-15(23(26,27)28)34-35(14)19-12(24)6-5-7-29-19/h5-10H,4H2,1-3H3,(H,30,33)(H,31,36)(H,32,37). The number of fused-ring (bicyclic) bond motifs is 1. The molecular formula is C23H20Cl2F3N7O2. The van der Waals surface area contributed by atoms with E-state index in [4.69, 9.17) is 23.2 Å². The van der Waals surface area contributed by atoms with Gasteiger partial charge < -0.3 is 10.6 Å². The molecule has 4 aromatic rings. The summed E-state index contributed by atoms with van der Waals surface area (Å²) in [4.78, 5) is 30.7. The maximum absolute atomic E-state index is 13.5. The van der Waals surface area contributed by atoms with Crippen molar-refractivity contribution in [2.24, 2.45) is 0 Å². The predicted octanol–water partition coefficient (Wildman–Crippen LogP) is 5.64. The first kappa shape index (κ1) is 26.4. The Hall–Kier alpha value is -3.64. The van der Waals surface area contributed by atoms with Crippen LogP contribution in [0.5, 0.6) is 0 Å². The van der Waals surface area contributed by atoms with E-state index in [0.29, 0.717) is 22.6 Å². The van der Waals surface area contributed by atoms with Crippen LogP contribution in [-0.4, -0.2) is 42.3 Å².